The largest absolute Gasteiger partial charge is 0.473 e. The molecule has 3 aromatic rings. The van der Waals surface area contributed by atoms with E-state index in [0.717, 1.165) is 22.5 Å². The summed E-state index contributed by atoms with van der Waals surface area (Å²) >= 11 is 0. The number of hydrogen-bond acceptors (Lipinski definition) is 8. The molecule has 1 aromatic carbocycles. The van der Waals surface area contributed by atoms with Gasteiger partial charge in [-0.15, -0.1) is 0 Å². The van der Waals surface area contributed by atoms with E-state index in [9.17, 15) is 8.42 Å². The second-order valence-electron chi connectivity index (χ2n) is 8.06. The van der Waals surface area contributed by atoms with E-state index >= 15 is 0 Å². The summed E-state index contributed by atoms with van der Waals surface area (Å²) in [7, 11) is 0.743. The Bertz CT molecular complexity index is 1240. The number of aryl methyl sites for hydroxylation is 1. The molecule has 33 heavy (non-hydrogen) atoms. The van der Waals surface area contributed by atoms with Crippen LogP contribution in [-0.2, 0) is 14.8 Å². The molecule has 1 aliphatic heterocycles. The first kappa shape index (κ1) is 25.2. The van der Waals surface area contributed by atoms with Crippen LogP contribution in [-0.4, -0.2) is 80.4 Å². The molecular weight excluding hydrogens is 462 g/mol. The third kappa shape index (κ3) is 5.72. The molecule has 9 nitrogen and oxygen atoms in total. The number of morpholine rings is 1. The molecule has 3 heterocycles. The number of nitrogens with zero attached hydrogens (tertiary/aromatic N) is 5. The number of anilines is 1. The van der Waals surface area contributed by atoms with Gasteiger partial charge in [0.15, 0.2) is 5.52 Å². The number of rotatable bonds is 6. The molecule has 11 heteroatoms. The molecule has 4 rings (SSSR count). The monoisotopic (exact) mass is 491 g/mol. The van der Waals surface area contributed by atoms with Crippen LogP contribution in [0.2, 0.25) is 0 Å². The van der Waals surface area contributed by atoms with Gasteiger partial charge in [-0.3, -0.25) is 4.98 Å². The van der Waals surface area contributed by atoms with Crippen LogP contribution < -0.4 is 9.64 Å². The number of aromatic nitrogens is 3. The minimum atomic E-state index is -3.28. The molecule has 2 aromatic heterocycles. The van der Waals surface area contributed by atoms with Crippen molar-refractivity contribution in [1.82, 2.24) is 19.3 Å². The molecule has 0 radical (unpaired) electrons. The molecule has 1 atom stereocenters. The van der Waals surface area contributed by atoms with Crippen LogP contribution in [0, 0.1) is 6.92 Å². The minimum Gasteiger partial charge on any atom is -0.473 e. The molecule has 0 spiro atoms. The van der Waals surface area contributed by atoms with Crippen LogP contribution in [0.4, 0.5) is 5.69 Å². The first-order valence-electron chi connectivity index (χ1n) is 10.3. The molecule has 0 saturated carbocycles. The van der Waals surface area contributed by atoms with Gasteiger partial charge in [0.2, 0.25) is 15.9 Å². The first-order chi connectivity index (χ1) is 15.2. The zero-order valence-corrected chi connectivity index (χ0v) is 21.0. The fourth-order valence-corrected chi connectivity index (χ4v) is 4.62. The van der Waals surface area contributed by atoms with E-state index in [-0.39, 0.29) is 26.6 Å². The van der Waals surface area contributed by atoms with Gasteiger partial charge in [0, 0.05) is 50.8 Å². The predicted molar refractivity (Wildman–Crippen MR) is 134 cm³/mol. The van der Waals surface area contributed by atoms with Gasteiger partial charge < -0.3 is 14.4 Å². The van der Waals surface area contributed by atoms with Crippen LogP contribution in [0.15, 0.2) is 36.7 Å². The van der Waals surface area contributed by atoms with Gasteiger partial charge in [-0.1, -0.05) is 6.07 Å². The molecular formula is C22H29N5O4S2. The fraction of sp³-hybridized carbons (Fsp3) is 0.409. The van der Waals surface area contributed by atoms with Crippen LogP contribution in [0.1, 0.15) is 5.56 Å². The number of fused-ring (bicyclic) bond motifs is 1. The number of ether oxygens (including phenoxy) is 2. The Morgan fingerprint density at radius 2 is 1.97 bits per heavy atom. The summed E-state index contributed by atoms with van der Waals surface area (Å²) in [5, 5.41) is 0. The Morgan fingerprint density at radius 3 is 2.67 bits per heavy atom. The van der Waals surface area contributed by atoms with Gasteiger partial charge >= 0.3 is 0 Å². The van der Waals surface area contributed by atoms with Gasteiger partial charge in [-0.05, 0) is 30.7 Å². The topological polar surface area (TPSA) is 97.8 Å². The maximum absolute atomic E-state index is 11.9. The highest BCUT2D eigenvalue weighted by atomic mass is 32.2. The number of hydrogen-bond donors (Lipinski definition) is 0. The summed E-state index contributed by atoms with van der Waals surface area (Å²) < 4.78 is 36.9. The SMILES string of the molecule is Cc1cc(-c2cc3nccnc3c(OC[C@@H]3CN(S(C)(=O)=O)CCO3)n2)ccc1N(C)C.S. The second kappa shape index (κ2) is 10.2. The molecule has 1 saturated heterocycles. The number of pyridine rings is 1. The van der Waals surface area contributed by atoms with Crippen molar-refractivity contribution in [2.45, 2.75) is 13.0 Å². The standard InChI is InChI=1S/C22H27N5O4S.H2S/c1-15-11-16(5-6-20(15)26(2)3)18-12-19-21(24-8-7-23-19)22(25-18)31-14-17-13-27(9-10-30-17)32(4,28)29;/h5-8,11-12,17H,9-10,13-14H2,1-4H3;1H2/t17-;/m0./s1. The van der Waals surface area contributed by atoms with Crippen molar-refractivity contribution >= 4 is 40.2 Å². The lowest BCUT2D eigenvalue weighted by molar-refractivity contribution is -0.0252. The highest BCUT2D eigenvalue weighted by Gasteiger charge is 2.27. The van der Waals surface area contributed by atoms with Gasteiger partial charge in [-0.2, -0.15) is 17.8 Å². The molecule has 0 amide bonds. The molecule has 0 aliphatic carbocycles. The van der Waals surface area contributed by atoms with E-state index in [4.69, 9.17) is 14.5 Å². The minimum absolute atomic E-state index is 0. The smallest absolute Gasteiger partial charge is 0.242 e. The van der Waals surface area contributed by atoms with Crippen molar-refractivity contribution in [2.75, 3.05) is 51.6 Å². The zero-order chi connectivity index (χ0) is 22.9. The Hall–Kier alpha value is -2.47. The number of sulfonamides is 1. The predicted octanol–water partition coefficient (Wildman–Crippen LogP) is 2.22. The van der Waals surface area contributed by atoms with Crippen LogP contribution >= 0.6 is 13.5 Å². The quantitative estimate of drug-likeness (QED) is 0.518. The lowest BCUT2D eigenvalue weighted by Gasteiger charge is -2.30. The van der Waals surface area contributed by atoms with Gasteiger partial charge in [-0.25, -0.2) is 18.4 Å². The zero-order valence-electron chi connectivity index (χ0n) is 19.1. The highest BCUT2D eigenvalue weighted by Crippen LogP contribution is 2.30. The molecule has 0 unspecified atom stereocenters. The van der Waals surface area contributed by atoms with Crippen LogP contribution in [0.3, 0.4) is 0 Å². The summed E-state index contributed by atoms with van der Waals surface area (Å²) in [5.74, 6) is 0.347. The van der Waals surface area contributed by atoms with Crippen LogP contribution in [0.25, 0.3) is 22.3 Å². The maximum atomic E-state index is 11.9. The summed E-state index contributed by atoms with van der Waals surface area (Å²) in [5.41, 5.74) is 5.16. The van der Waals surface area contributed by atoms with Crippen molar-refractivity contribution in [1.29, 1.82) is 0 Å². The molecule has 0 N–H and O–H groups in total. The lowest BCUT2D eigenvalue weighted by Crippen LogP contribution is -2.47. The lowest BCUT2D eigenvalue weighted by atomic mass is 10.1. The van der Waals surface area contributed by atoms with Crippen molar-refractivity contribution in [3.63, 3.8) is 0 Å². The van der Waals surface area contributed by atoms with Crippen molar-refractivity contribution in [3.8, 4) is 17.1 Å². The number of benzene rings is 1. The Labute approximate surface area is 201 Å². The molecule has 178 valence electrons. The average molecular weight is 492 g/mol. The average Bonchev–Trinajstić information content (AvgIpc) is 2.76. The highest BCUT2D eigenvalue weighted by molar-refractivity contribution is 7.88. The van der Waals surface area contributed by atoms with Gasteiger partial charge in [0.25, 0.3) is 0 Å². The van der Waals surface area contributed by atoms with E-state index in [2.05, 4.69) is 33.9 Å². The fourth-order valence-electron chi connectivity index (χ4n) is 3.77. The maximum Gasteiger partial charge on any atom is 0.242 e. The van der Waals surface area contributed by atoms with E-state index < -0.39 is 16.1 Å². The van der Waals surface area contributed by atoms with E-state index in [1.807, 2.05) is 26.2 Å². The Kier molecular flexibility index (Phi) is 7.78. The molecule has 1 fully saturated rings. The van der Waals surface area contributed by atoms with Crippen molar-refractivity contribution in [3.05, 3.63) is 42.2 Å². The summed E-state index contributed by atoms with van der Waals surface area (Å²) in [4.78, 5) is 15.6. The Morgan fingerprint density at radius 1 is 1.21 bits per heavy atom. The summed E-state index contributed by atoms with van der Waals surface area (Å²) in [6.45, 7) is 3.14. The summed E-state index contributed by atoms with van der Waals surface area (Å²) in [6, 6.07) is 8.05. The molecule has 0 bridgehead atoms. The van der Waals surface area contributed by atoms with Gasteiger partial charge in [0.05, 0.1) is 24.1 Å². The second-order valence-corrected chi connectivity index (χ2v) is 10.0. The van der Waals surface area contributed by atoms with Gasteiger partial charge in [0.1, 0.15) is 12.7 Å². The first-order valence-corrected chi connectivity index (χ1v) is 12.2. The van der Waals surface area contributed by atoms with Crippen LogP contribution in [0.5, 0.6) is 5.88 Å². The third-order valence-electron chi connectivity index (χ3n) is 5.38. The summed E-state index contributed by atoms with van der Waals surface area (Å²) in [6.07, 6.45) is 4.03. The Balaban J connectivity index is 0.00000306. The third-order valence-corrected chi connectivity index (χ3v) is 6.65. The normalized spacial score (nSPS) is 16.9. The van der Waals surface area contributed by atoms with Crippen molar-refractivity contribution in [2.24, 2.45) is 0 Å². The van der Waals surface area contributed by atoms with Crippen molar-refractivity contribution < 1.29 is 17.9 Å². The van der Waals surface area contributed by atoms with E-state index in [1.165, 1.54) is 10.6 Å². The van der Waals surface area contributed by atoms with E-state index in [0.29, 0.717) is 30.1 Å². The molecule has 1 aliphatic rings. The van der Waals surface area contributed by atoms with E-state index in [1.54, 1.807) is 12.4 Å².